The first-order valence-electron chi connectivity index (χ1n) is 5.37. The monoisotopic (exact) mass is 306 g/mol. The average molecular weight is 306 g/mol. The largest absolute Gasteiger partial charge is 1.00 e. The molecule has 19 heavy (non-hydrogen) atoms. The van der Waals surface area contributed by atoms with Crippen molar-refractivity contribution in [3.63, 3.8) is 0 Å². The minimum atomic E-state index is -5.05. The maximum Gasteiger partial charge on any atom is 1.00 e. The van der Waals surface area contributed by atoms with Gasteiger partial charge < -0.3 is 11.6 Å². The van der Waals surface area contributed by atoms with Gasteiger partial charge >= 0.3 is 41.5 Å². The minimum Gasteiger partial charge on any atom is -1.00 e. The Morgan fingerprint density at radius 3 is 1.84 bits per heavy atom. The normalized spacial score (nSPS) is 16.3. The molecule has 0 saturated carbocycles. The van der Waals surface area contributed by atoms with Gasteiger partial charge in [-0.2, -0.15) is 8.42 Å². The van der Waals surface area contributed by atoms with Crippen LogP contribution in [0.1, 0.15) is 35.0 Å². The van der Waals surface area contributed by atoms with E-state index in [4.69, 9.17) is 14.8 Å². The molecule has 0 aliphatic rings. The number of carboxylic acids is 2. The summed E-state index contributed by atoms with van der Waals surface area (Å²) in [6, 6.07) is 0. The summed E-state index contributed by atoms with van der Waals surface area (Å²) in [5.41, 5.74) is 0. The van der Waals surface area contributed by atoms with Crippen LogP contribution in [0.5, 0.6) is 0 Å². The molecule has 7 nitrogen and oxygen atoms in total. The molecule has 0 spiro atoms. The number of carbonyl (C=O) groups is 2. The van der Waals surface area contributed by atoms with E-state index < -0.39 is 39.1 Å². The van der Waals surface area contributed by atoms with Gasteiger partial charge in [-0.15, -0.1) is 0 Å². The molecule has 0 radical (unpaired) electrons. The van der Waals surface area contributed by atoms with Gasteiger partial charge in [0.15, 0.2) is 0 Å². The fraction of sp³-hybridized carbons (Fsp3) is 0.800. The van der Waals surface area contributed by atoms with Crippen LogP contribution in [-0.2, 0) is 19.7 Å². The number of carboxylic acid groups (broad SMARTS) is 2. The summed E-state index contributed by atoms with van der Waals surface area (Å²) in [6.45, 7) is 4.80. The first-order valence-corrected chi connectivity index (χ1v) is 6.81. The third-order valence-corrected chi connectivity index (χ3v) is 4.50. The number of hydrogen-bond acceptors (Lipinski definition) is 4. The Morgan fingerprint density at radius 2 is 1.63 bits per heavy atom. The van der Waals surface area contributed by atoms with Crippen LogP contribution in [0.4, 0.5) is 0 Å². The molecule has 0 fully saturated rings. The molecule has 2 atom stereocenters. The van der Waals surface area contributed by atoms with Crippen LogP contribution in [0.25, 0.3) is 0 Å². The molecule has 0 aromatic carbocycles. The van der Waals surface area contributed by atoms with Gasteiger partial charge in [-0.3, -0.25) is 14.1 Å². The Balaban J connectivity index is -0.00000144. The Hall–Kier alpha value is -0.150. The van der Waals surface area contributed by atoms with E-state index in [1.54, 1.807) is 13.8 Å². The van der Waals surface area contributed by atoms with E-state index in [0.29, 0.717) is 0 Å². The van der Waals surface area contributed by atoms with Crippen molar-refractivity contribution in [2.24, 2.45) is 11.8 Å². The third-order valence-electron chi connectivity index (χ3n) is 2.86. The second-order valence-corrected chi connectivity index (χ2v) is 6.45. The summed E-state index contributed by atoms with van der Waals surface area (Å²) in [5, 5.41) is 17.8. The summed E-state index contributed by atoms with van der Waals surface area (Å²) >= 11 is 0. The topological polar surface area (TPSA) is 129 Å². The van der Waals surface area contributed by atoms with Gasteiger partial charge in [0.1, 0.15) is 0 Å². The molecule has 3 N–H and O–H groups in total. The molecule has 0 amide bonds. The smallest absolute Gasteiger partial charge is 1.00 e. The van der Waals surface area contributed by atoms with Crippen molar-refractivity contribution in [1.82, 2.24) is 0 Å². The molecule has 108 valence electrons. The van der Waals surface area contributed by atoms with E-state index in [1.807, 2.05) is 0 Å². The van der Waals surface area contributed by atoms with Gasteiger partial charge in [0.2, 0.25) is 4.75 Å². The Bertz CT molecular complexity index is 437. The van der Waals surface area contributed by atoms with E-state index in [1.165, 1.54) is 6.92 Å². The summed E-state index contributed by atoms with van der Waals surface area (Å²) in [5.74, 6) is -4.50. The van der Waals surface area contributed by atoms with Crippen molar-refractivity contribution >= 4 is 22.1 Å². The van der Waals surface area contributed by atoms with Crippen LogP contribution >= 0.6 is 0 Å². The van der Waals surface area contributed by atoms with Crippen LogP contribution in [0, 0.1) is 11.8 Å². The standard InChI is InChI=1S/C10H18O7S.Na.H/c1-6(2)4-7(3)10(9(13)14,5-8(11)12)18(15,16)17;;/h6-7H,4-5H2,1-3H3,(H,11,12)(H,13,14)(H,15,16,17);;/q;+1;-1. The fourth-order valence-electron chi connectivity index (χ4n) is 2.04. The second kappa shape index (κ2) is 7.58. The van der Waals surface area contributed by atoms with Crippen molar-refractivity contribution < 1.29 is 63.8 Å². The van der Waals surface area contributed by atoms with Gasteiger partial charge in [0, 0.05) is 0 Å². The Morgan fingerprint density at radius 1 is 1.21 bits per heavy atom. The molecule has 0 bridgehead atoms. The van der Waals surface area contributed by atoms with E-state index in [2.05, 4.69) is 0 Å². The first kappa shape index (κ1) is 21.2. The van der Waals surface area contributed by atoms with E-state index >= 15 is 0 Å². The Kier molecular flexibility index (Phi) is 8.44. The number of hydrogen-bond donors (Lipinski definition) is 3. The van der Waals surface area contributed by atoms with Crippen LogP contribution < -0.4 is 29.6 Å². The minimum absolute atomic E-state index is 0. The van der Waals surface area contributed by atoms with Crippen molar-refractivity contribution in [3.05, 3.63) is 0 Å². The predicted octanol–water partition coefficient (Wildman–Crippen LogP) is -2.03. The quantitative estimate of drug-likeness (QED) is 0.365. The van der Waals surface area contributed by atoms with Gasteiger partial charge in [-0.25, -0.2) is 0 Å². The molecule has 0 heterocycles. The summed E-state index contributed by atoms with van der Waals surface area (Å²) in [6.07, 6.45) is -1.01. The zero-order chi connectivity index (χ0) is 14.7. The fourth-order valence-corrected chi connectivity index (χ4v) is 3.17. The van der Waals surface area contributed by atoms with E-state index in [9.17, 15) is 18.0 Å². The van der Waals surface area contributed by atoms with Crippen LogP contribution in [0.2, 0.25) is 0 Å². The second-order valence-electron chi connectivity index (χ2n) is 4.77. The Labute approximate surface area is 135 Å². The zero-order valence-corrected chi connectivity index (χ0v) is 14.3. The number of rotatable bonds is 7. The molecule has 9 heteroatoms. The van der Waals surface area contributed by atoms with Crippen molar-refractivity contribution in [3.8, 4) is 0 Å². The summed E-state index contributed by atoms with van der Waals surface area (Å²) in [7, 11) is -5.05. The summed E-state index contributed by atoms with van der Waals surface area (Å²) in [4.78, 5) is 21.9. The van der Waals surface area contributed by atoms with Crippen LogP contribution in [0.3, 0.4) is 0 Å². The maximum atomic E-state index is 11.4. The van der Waals surface area contributed by atoms with Crippen molar-refractivity contribution in [2.75, 3.05) is 0 Å². The van der Waals surface area contributed by atoms with Crippen LogP contribution in [0.15, 0.2) is 0 Å². The molecular formula is C10H19NaO7S. The van der Waals surface area contributed by atoms with Gasteiger partial charge in [-0.1, -0.05) is 20.8 Å². The maximum absolute atomic E-state index is 11.4. The number of aliphatic carboxylic acids is 2. The van der Waals surface area contributed by atoms with E-state index in [0.717, 1.165) is 0 Å². The van der Waals surface area contributed by atoms with Crippen LogP contribution in [-0.4, -0.2) is 39.9 Å². The summed E-state index contributed by atoms with van der Waals surface area (Å²) < 4.78 is 29.2. The zero-order valence-electron chi connectivity index (χ0n) is 12.5. The molecule has 0 aliphatic heterocycles. The SMILES string of the molecule is CC(C)CC(C)C(CC(=O)O)(C(=O)O)S(=O)(=O)O.[H-].[Na+]. The molecule has 0 saturated heterocycles. The molecule has 0 rings (SSSR count). The average Bonchev–Trinajstić information content (AvgIpc) is 2.09. The first-order chi connectivity index (χ1) is 7.95. The molecule has 2 unspecified atom stereocenters. The van der Waals surface area contributed by atoms with Crippen molar-refractivity contribution in [1.29, 1.82) is 0 Å². The van der Waals surface area contributed by atoms with Gasteiger partial charge in [0.25, 0.3) is 10.1 Å². The molecular weight excluding hydrogens is 287 g/mol. The predicted molar refractivity (Wildman–Crippen MR) is 63.9 cm³/mol. The van der Waals surface area contributed by atoms with E-state index in [-0.39, 0.29) is 43.3 Å². The van der Waals surface area contributed by atoms with Gasteiger partial charge in [0.05, 0.1) is 6.42 Å². The molecule has 0 aromatic heterocycles. The van der Waals surface area contributed by atoms with Gasteiger partial charge in [-0.05, 0) is 18.3 Å². The van der Waals surface area contributed by atoms with Crippen molar-refractivity contribution in [2.45, 2.75) is 38.4 Å². The third kappa shape index (κ3) is 5.03. The molecule has 0 aromatic rings. The molecule has 0 aliphatic carbocycles.